The minimum Gasteiger partial charge on any atom is -0.371 e. The van der Waals surface area contributed by atoms with E-state index in [1.54, 1.807) is 12.1 Å². The van der Waals surface area contributed by atoms with E-state index in [0.717, 1.165) is 25.2 Å². The highest BCUT2D eigenvalue weighted by Crippen LogP contribution is 2.28. The molecule has 17 heavy (non-hydrogen) atoms. The molecule has 1 saturated heterocycles. The van der Waals surface area contributed by atoms with Crippen LogP contribution < -0.4 is 4.90 Å². The van der Waals surface area contributed by atoms with Crippen LogP contribution in [-0.4, -0.2) is 18.0 Å². The lowest BCUT2D eigenvalue weighted by Crippen LogP contribution is -2.19. The van der Waals surface area contributed by atoms with E-state index < -0.39 is 4.92 Å². The maximum atomic E-state index is 10.7. The topological polar surface area (TPSA) is 70.2 Å². The zero-order chi connectivity index (χ0) is 12.4. The van der Waals surface area contributed by atoms with Crippen LogP contribution in [0.25, 0.3) is 0 Å². The van der Waals surface area contributed by atoms with Gasteiger partial charge in [-0.25, -0.2) is 0 Å². The number of nitro benzene ring substituents is 1. The summed E-state index contributed by atoms with van der Waals surface area (Å²) in [7, 11) is 0. The zero-order valence-electron chi connectivity index (χ0n) is 9.59. The Balaban J connectivity index is 2.32. The summed E-state index contributed by atoms with van der Waals surface area (Å²) in [5.41, 5.74) is 0.909. The van der Waals surface area contributed by atoms with Crippen molar-refractivity contribution in [1.82, 2.24) is 0 Å². The van der Waals surface area contributed by atoms with Crippen molar-refractivity contribution in [3.63, 3.8) is 0 Å². The van der Waals surface area contributed by atoms with Gasteiger partial charge in [0, 0.05) is 24.8 Å². The SMILES string of the molecule is CC1CCN(c2ccc([N+](=O)[O-])c(C#N)c2)C1. The second-order valence-electron chi connectivity index (χ2n) is 4.41. The van der Waals surface area contributed by atoms with E-state index in [-0.39, 0.29) is 11.3 Å². The minimum atomic E-state index is -0.519. The molecule has 1 atom stereocenters. The summed E-state index contributed by atoms with van der Waals surface area (Å²) < 4.78 is 0. The summed E-state index contributed by atoms with van der Waals surface area (Å²) in [5.74, 6) is 0.635. The summed E-state index contributed by atoms with van der Waals surface area (Å²) in [5, 5.41) is 19.6. The van der Waals surface area contributed by atoms with Crippen LogP contribution in [0.1, 0.15) is 18.9 Å². The second kappa shape index (κ2) is 4.42. The van der Waals surface area contributed by atoms with Crippen molar-refractivity contribution in [2.75, 3.05) is 18.0 Å². The number of anilines is 1. The van der Waals surface area contributed by atoms with E-state index >= 15 is 0 Å². The predicted molar refractivity (Wildman–Crippen MR) is 63.8 cm³/mol. The largest absolute Gasteiger partial charge is 0.371 e. The van der Waals surface area contributed by atoms with Gasteiger partial charge < -0.3 is 4.90 Å². The van der Waals surface area contributed by atoms with Crippen molar-refractivity contribution in [3.05, 3.63) is 33.9 Å². The molecule has 0 spiro atoms. The third-order valence-electron chi connectivity index (χ3n) is 3.09. The third kappa shape index (κ3) is 2.21. The van der Waals surface area contributed by atoms with Gasteiger partial charge in [-0.2, -0.15) is 5.26 Å². The first-order valence-corrected chi connectivity index (χ1v) is 5.55. The molecule has 0 aliphatic carbocycles. The van der Waals surface area contributed by atoms with Gasteiger partial charge in [0.2, 0.25) is 0 Å². The fourth-order valence-corrected chi connectivity index (χ4v) is 2.14. The molecule has 0 bridgehead atoms. The summed E-state index contributed by atoms with van der Waals surface area (Å²) in [6, 6.07) is 6.62. The molecule has 2 rings (SSSR count). The molecular formula is C12H13N3O2. The molecule has 1 aliphatic rings. The van der Waals surface area contributed by atoms with Crippen molar-refractivity contribution in [3.8, 4) is 6.07 Å². The maximum Gasteiger partial charge on any atom is 0.287 e. The zero-order valence-corrected chi connectivity index (χ0v) is 9.59. The normalized spacial score (nSPS) is 19.1. The van der Waals surface area contributed by atoms with Gasteiger partial charge in [-0.15, -0.1) is 0 Å². The Bertz CT molecular complexity index is 493. The van der Waals surface area contributed by atoms with Crippen LogP contribution in [0, 0.1) is 27.4 Å². The van der Waals surface area contributed by atoms with E-state index in [9.17, 15) is 10.1 Å². The maximum absolute atomic E-state index is 10.7. The molecule has 0 radical (unpaired) electrons. The summed E-state index contributed by atoms with van der Waals surface area (Å²) in [6.07, 6.45) is 1.12. The Kier molecular flexibility index (Phi) is 2.96. The molecule has 88 valence electrons. The lowest BCUT2D eigenvalue weighted by Gasteiger charge is -2.18. The number of rotatable bonds is 2. The van der Waals surface area contributed by atoms with E-state index in [1.165, 1.54) is 6.07 Å². The molecule has 5 heteroatoms. The molecule has 1 aromatic rings. The average molecular weight is 231 g/mol. The Hall–Kier alpha value is -2.09. The van der Waals surface area contributed by atoms with Gasteiger partial charge >= 0.3 is 0 Å². The van der Waals surface area contributed by atoms with Gasteiger partial charge in [0.05, 0.1) is 4.92 Å². The highest BCUT2D eigenvalue weighted by atomic mass is 16.6. The molecule has 0 aromatic heterocycles. The molecule has 1 aromatic carbocycles. The van der Waals surface area contributed by atoms with Gasteiger partial charge in [0.25, 0.3) is 5.69 Å². The predicted octanol–water partition coefficient (Wildman–Crippen LogP) is 2.31. The Labute approximate surface area is 99.4 Å². The van der Waals surface area contributed by atoms with Crippen LogP contribution in [0.4, 0.5) is 11.4 Å². The van der Waals surface area contributed by atoms with E-state index in [1.807, 2.05) is 6.07 Å². The van der Waals surface area contributed by atoms with Crippen molar-refractivity contribution in [1.29, 1.82) is 5.26 Å². The third-order valence-corrected chi connectivity index (χ3v) is 3.09. The van der Waals surface area contributed by atoms with E-state index in [4.69, 9.17) is 5.26 Å². The fourth-order valence-electron chi connectivity index (χ4n) is 2.14. The van der Waals surface area contributed by atoms with Gasteiger partial charge in [0.1, 0.15) is 11.6 Å². The molecular weight excluding hydrogens is 218 g/mol. The molecule has 0 saturated carbocycles. The number of nitrogens with zero attached hydrogens (tertiary/aromatic N) is 3. The van der Waals surface area contributed by atoms with Crippen LogP contribution >= 0.6 is 0 Å². The first kappa shape index (κ1) is 11.4. The molecule has 5 nitrogen and oxygen atoms in total. The van der Waals surface area contributed by atoms with Crippen LogP contribution in [-0.2, 0) is 0 Å². The number of nitriles is 1. The lowest BCUT2D eigenvalue weighted by molar-refractivity contribution is -0.385. The van der Waals surface area contributed by atoms with E-state index in [2.05, 4.69) is 11.8 Å². The van der Waals surface area contributed by atoms with Crippen molar-refractivity contribution >= 4 is 11.4 Å². The Morgan fingerprint density at radius 1 is 1.59 bits per heavy atom. The lowest BCUT2D eigenvalue weighted by atomic mass is 10.1. The molecule has 1 aliphatic heterocycles. The van der Waals surface area contributed by atoms with Crippen molar-refractivity contribution in [2.24, 2.45) is 5.92 Å². The van der Waals surface area contributed by atoms with Crippen LogP contribution in [0.3, 0.4) is 0 Å². The highest BCUT2D eigenvalue weighted by Gasteiger charge is 2.21. The first-order chi connectivity index (χ1) is 8.11. The van der Waals surface area contributed by atoms with Gasteiger partial charge in [-0.1, -0.05) is 6.92 Å². The summed E-state index contributed by atoms with van der Waals surface area (Å²) >= 11 is 0. The van der Waals surface area contributed by atoms with Crippen molar-refractivity contribution in [2.45, 2.75) is 13.3 Å². The Morgan fingerprint density at radius 3 is 2.88 bits per heavy atom. The molecule has 1 fully saturated rings. The highest BCUT2D eigenvalue weighted by molar-refractivity contribution is 5.60. The van der Waals surface area contributed by atoms with Crippen LogP contribution in [0.5, 0.6) is 0 Å². The van der Waals surface area contributed by atoms with Crippen molar-refractivity contribution < 1.29 is 4.92 Å². The Morgan fingerprint density at radius 2 is 2.35 bits per heavy atom. The first-order valence-electron chi connectivity index (χ1n) is 5.55. The fraction of sp³-hybridized carbons (Fsp3) is 0.417. The van der Waals surface area contributed by atoms with Gasteiger partial charge in [-0.3, -0.25) is 10.1 Å². The monoisotopic (exact) mass is 231 g/mol. The number of nitro groups is 1. The summed E-state index contributed by atoms with van der Waals surface area (Å²) in [6.45, 7) is 4.07. The average Bonchev–Trinajstić information content (AvgIpc) is 2.75. The second-order valence-corrected chi connectivity index (χ2v) is 4.41. The minimum absolute atomic E-state index is 0.122. The van der Waals surface area contributed by atoms with Crippen LogP contribution in [0.15, 0.2) is 18.2 Å². The van der Waals surface area contributed by atoms with Gasteiger partial charge in [-0.05, 0) is 24.5 Å². The molecule has 1 unspecified atom stereocenters. The molecule has 0 N–H and O–H groups in total. The van der Waals surface area contributed by atoms with E-state index in [0.29, 0.717) is 5.92 Å². The smallest absolute Gasteiger partial charge is 0.287 e. The molecule has 1 heterocycles. The number of hydrogen-bond acceptors (Lipinski definition) is 4. The molecule has 0 amide bonds. The standard InChI is InChI=1S/C12H13N3O2/c1-9-4-5-14(8-9)11-2-3-12(15(16)17)10(6-11)7-13/h2-3,6,9H,4-5,8H2,1H3. The van der Waals surface area contributed by atoms with Gasteiger partial charge in [0.15, 0.2) is 0 Å². The quantitative estimate of drug-likeness (QED) is 0.578. The number of benzene rings is 1. The number of hydrogen-bond donors (Lipinski definition) is 0. The van der Waals surface area contributed by atoms with Crippen LogP contribution in [0.2, 0.25) is 0 Å². The summed E-state index contributed by atoms with van der Waals surface area (Å²) in [4.78, 5) is 12.3.